The monoisotopic (exact) mass is 371 g/mol. The van der Waals surface area contributed by atoms with Gasteiger partial charge in [-0.1, -0.05) is 11.6 Å². The van der Waals surface area contributed by atoms with E-state index in [-0.39, 0.29) is 6.03 Å². The normalized spacial score (nSPS) is 16.5. The third kappa shape index (κ3) is 3.46. The third-order valence-corrected chi connectivity index (χ3v) is 5.19. The van der Waals surface area contributed by atoms with Crippen molar-refractivity contribution in [1.82, 2.24) is 14.9 Å². The summed E-state index contributed by atoms with van der Waals surface area (Å²) in [5.41, 5.74) is 2.91. The van der Waals surface area contributed by atoms with Gasteiger partial charge in [0.2, 0.25) is 0 Å². The number of halogens is 1. The molecule has 7 heteroatoms. The Morgan fingerprint density at radius 2 is 1.85 bits per heavy atom. The van der Waals surface area contributed by atoms with Crippen LogP contribution in [-0.2, 0) is 13.0 Å². The summed E-state index contributed by atoms with van der Waals surface area (Å²) in [6.07, 6.45) is 3.14. The lowest BCUT2D eigenvalue weighted by molar-refractivity contribution is 0.206. The van der Waals surface area contributed by atoms with Crippen LogP contribution in [0.25, 0.3) is 0 Å². The molecular formula is C19H22ClN5O. The number of hydrogen-bond donors (Lipinski definition) is 1. The number of fused-ring (bicyclic) bond motifs is 1. The van der Waals surface area contributed by atoms with Gasteiger partial charge in [0.05, 0.1) is 12.2 Å². The van der Waals surface area contributed by atoms with E-state index < -0.39 is 0 Å². The molecule has 6 nitrogen and oxygen atoms in total. The lowest BCUT2D eigenvalue weighted by Gasteiger charge is -2.31. The number of carbonyl (C=O) groups is 1. The molecule has 1 aromatic heterocycles. The van der Waals surface area contributed by atoms with Crippen molar-refractivity contribution < 1.29 is 4.79 Å². The second kappa shape index (κ2) is 7.11. The molecule has 136 valence electrons. The van der Waals surface area contributed by atoms with Gasteiger partial charge in [-0.15, -0.1) is 0 Å². The summed E-state index contributed by atoms with van der Waals surface area (Å²) in [7, 11) is 0. The van der Waals surface area contributed by atoms with Crippen LogP contribution in [0.3, 0.4) is 0 Å². The van der Waals surface area contributed by atoms with Crippen molar-refractivity contribution in [3.63, 3.8) is 0 Å². The molecule has 1 saturated heterocycles. The van der Waals surface area contributed by atoms with Crippen molar-refractivity contribution in [3.8, 4) is 0 Å². The summed E-state index contributed by atoms with van der Waals surface area (Å²) < 4.78 is 0. The maximum Gasteiger partial charge on any atom is 0.322 e. The highest BCUT2D eigenvalue weighted by Crippen LogP contribution is 2.29. The molecule has 26 heavy (non-hydrogen) atoms. The second-order valence-corrected chi connectivity index (χ2v) is 7.26. The largest absolute Gasteiger partial charge is 0.356 e. The van der Waals surface area contributed by atoms with Crippen LogP contribution in [0.5, 0.6) is 0 Å². The van der Waals surface area contributed by atoms with Crippen LogP contribution in [0.4, 0.5) is 16.3 Å². The van der Waals surface area contributed by atoms with Gasteiger partial charge < -0.3 is 15.1 Å². The van der Waals surface area contributed by atoms with Gasteiger partial charge in [0, 0.05) is 42.3 Å². The zero-order chi connectivity index (χ0) is 18.1. The van der Waals surface area contributed by atoms with Crippen LogP contribution in [0, 0.1) is 6.92 Å². The Bertz CT molecular complexity index is 817. The number of nitrogens with one attached hydrogen (secondary N) is 1. The SMILES string of the molecule is Cc1nc2c(c(N3CCCC3)n1)CN(C(=O)Nc1ccc(Cl)cc1)CC2. The van der Waals surface area contributed by atoms with Gasteiger partial charge in [-0.05, 0) is 44.0 Å². The molecule has 2 aliphatic rings. The van der Waals surface area contributed by atoms with Crippen LogP contribution < -0.4 is 10.2 Å². The van der Waals surface area contributed by atoms with E-state index in [1.54, 1.807) is 24.3 Å². The summed E-state index contributed by atoms with van der Waals surface area (Å²) in [5, 5.41) is 3.59. The minimum absolute atomic E-state index is 0.106. The Morgan fingerprint density at radius 1 is 1.12 bits per heavy atom. The number of rotatable bonds is 2. The molecular weight excluding hydrogens is 350 g/mol. The number of nitrogens with zero attached hydrogens (tertiary/aromatic N) is 4. The summed E-state index contributed by atoms with van der Waals surface area (Å²) in [6.45, 7) is 5.20. The quantitative estimate of drug-likeness (QED) is 0.875. The summed E-state index contributed by atoms with van der Waals surface area (Å²) in [5.74, 6) is 1.82. The molecule has 0 radical (unpaired) electrons. The fourth-order valence-corrected chi connectivity index (χ4v) is 3.74. The van der Waals surface area contributed by atoms with Crippen LogP contribution >= 0.6 is 11.6 Å². The average Bonchev–Trinajstić information content (AvgIpc) is 3.17. The van der Waals surface area contributed by atoms with Gasteiger partial charge in [0.25, 0.3) is 0 Å². The lowest BCUT2D eigenvalue weighted by Crippen LogP contribution is -2.40. The maximum absolute atomic E-state index is 12.7. The molecule has 0 spiro atoms. The van der Waals surface area contributed by atoms with Crippen molar-refractivity contribution in [3.05, 3.63) is 46.4 Å². The molecule has 0 aliphatic carbocycles. The van der Waals surface area contributed by atoms with E-state index in [2.05, 4.69) is 15.2 Å². The van der Waals surface area contributed by atoms with E-state index in [4.69, 9.17) is 16.6 Å². The number of anilines is 2. The predicted molar refractivity (Wildman–Crippen MR) is 103 cm³/mol. The minimum Gasteiger partial charge on any atom is -0.356 e. The van der Waals surface area contributed by atoms with E-state index >= 15 is 0 Å². The van der Waals surface area contributed by atoms with Gasteiger partial charge >= 0.3 is 6.03 Å². The van der Waals surface area contributed by atoms with E-state index in [0.29, 0.717) is 18.1 Å². The third-order valence-electron chi connectivity index (χ3n) is 4.94. The van der Waals surface area contributed by atoms with Gasteiger partial charge in [0.15, 0.2) is 0 Å². The number of aromatic nitrogens is 2. The first kappa shape index (κ1) is 17.1. The molecule has 2 aliphatic heterocycles. The van der Waals surface area contributed by atoms with Crippen LogP contribution in [0.1, 0.15) is 29.9 Å². The van der Waals surface area contributed by atoms with Gasteiger partial charge in [-0.3, -0.25) is 0 Å². The maximum atomic E-state index is 12.7. The summed E-state index contributed by atoms with van der Waals surface area (Å²) in [4.78, 5) is 26.2. The van der Waals surface area contributed by atoms with Crippen LogP contribution in [-0.4, -0.2) is 40.5 Å². The Kier molecular flexibility index (Phi) is 4.68. The summed E-state index contributed by atoms with van der Waals surface area (Å²) >= 11 is 5.90. The molecule has 0 bridgehead atoms. The van der Waals surface area contributed by atoms with Crippen molar-refractivity contribution in [1.29, 1.82) is 0 Å². The molecule has 2 amide bonds. The first-order valence-electron chi connectivity index (χ1n) is 9.03. The molecule has 0 unspecified atom stereocenters. The second-order valence-electron chi connectivity index (χ2n) is 6.82. The highest BCUT2D eigenvalue weighted by atomic mass is 35.5. The van der Waals surface area contributed by atoms with Crippen molar-refractivity contribution >= 4 is 29.1 Å². The number of carbonyl (C=O) groups excluding carboxylic acids is 1. The number of aryl methyl sites for hydroxylation is 1. The topological polar surface area (TPSA) is 61.4 Å². The molecule has 2 aromatic rings. The van der Waals surface area contributed by atoms with Crippen LogP contribution in [0.15, 0.2) is 24.3 Å². The Balaban J connectivity index is 1.54. The number of urea groups is 1. The number of amides is 2. The molecule has 0 saturated carbocycles. The van der Waals surface area contributed by atoms with E-state index in [1.165, 1.54) is 12.8 Å². The predicted octanol–water partition coefficient (Wildman–Crippen LogP) is 3.63. The highest BCUT2D eigenvalue weighted by molar-refractivity contribution is 6.30. The molecule has 1 N–H and O–H groups in total. The number of benzene rings is 1. The fourth-order valence-electron chi connectivity index (χ4n) is 3.62. The lowest BCUT2D eigenvalue weighted by atomic mass is 10.1. The van der Waals surface area contributed by atoms with E-state index in [0.717, 1.165) is 48.1 Å². The van der Waals surface area contributed by atoms with Crippen molar-refractivity contribution in [2.24, 2.45) is 0 Å². The van der Waals surface area contributed by atoms with Gasteiger partial charge in [-0.25, -0.2) is 14.8 Å². The zero-order valence-electron chi connectivity index (χ0n) is 14.8. The number of hydrogen-bond acceptors (Lipinski definition) is 4. The standard InChI is InChI=1S/C19H22ClN5O/c1-13-21-17-8-11-25(19(26)23-15-6-4-14(20)5-7-15)12-16(17)18(22-13)24-9-2-3-10-24/h4-7H,2-3,8-12H2,1H3,(H,23,26). The van der Waals surface area contributed by atoms with E-state index in [1.807, 2.05) is 11.8 Å². The fraction of sp³-hybridized carbons (Fsp3) is 0.421. The smallest absolute Gasteiger partial charge is 0.322 e. The first-order chi connectivity index (χ1) is 12.6. The molecule has 0 atom stereocenters. The van der Waals surface area contributed by atoms with Gasteiger partial charge in [0.1, 0.15) is 11.6 Å². The molecule has 1 fully saturated rings. The highest BCUT2D eigenvalue weighted by Gasteiger charge is 2.28. The minimum atomic E-state index is -0.106. The molecule has 3 heterocycles. The summed E-state index contributed by atoms with van der Waals surface area (Å²) in [6, 6.07) is 7.04. The van der Waals surface area contributed by atoms with Crippen molar-refractivity contribution in [2.75, 3.05) is 29.9 Å². The Labute approximate surface area is 158 Å². The Morgan fingerprint density at radius 3 is 2.58 bits per heavy atom. The van der Waals surface area contributed by atoms with Crippen LogP contribution in [0.2, 0.25) is 5.02 Å². The molecule has 1 aromatic carbocycles. The van der Waals surface area contributed by atoms with E-state index in [9.17, 15) is 4.79 Å². The van der Waals surface area contributed by atoms with Crippen molar-refractivity contribution in [2.45, 2.75) is 32.7 Å². The zero-order valence-corrected chi connectivity index (χ0v) is 15.6. The first-order valence-corrected chi connectivity index (χ1v) is 9.41. The molecule has 4 rings (SSSR count). The Hall–Kier alpha value is -2.34. The van der Waals surface area contributed by atoms with Gasteiger partial charge in [-0.2, -0.15) is 0 Å². The average molecular weight is 372 g/mol.